The third kappa shape index (κ3) is 6.99. The Kier molecular flexibility index (Phi) is 7.86. The topological polar surface area (TPSA) is 205 Å². The Morgan fingerprint density at radius 2 is 1.26 bits per heavy atom. The van der Waals surface area contributed by atoms with Crippen LogP contribution in [-0.2, 0) is 35.6 Å². The lowest BCUT2D eigenvalue weighted by atomic mass is 9.98. The largest absolute Gasteiger partial charge is 0.508 e. The lowest BCUT2D eigenvalue weighted by Crippen LogP contribution is -2.24. The maximum Gasteiger partial charge on any atom is 0.344 e. The van der Waals surface area contributed by atoms with E-state index in [4.69, 9.17) is 14.6 Å². The van der Waals surface area contributed by atoms with Crippen LogP contribution in [0.25, 0.3) is 0 Å². The van der Waals surface area contributed by atoms with Gasteiger partial charge in [-0.3, -0.25) is 4.79 Å². The van der Waals surface area contributed by atoms with Crippen LogP contribution in [0, 0.1) is 5.41 Å². The standard InChI is InChI=1S/C22H24O12S/c1-22(2,3)21(30)34-10-33-20(29)16-7-14(24)5-12(18(16)26)9-35(31,32)8-11-4-13(23)6-15(17(11)25)19(27)28/h4-7,23-26H,8-10H2,1-3H3,(H,27,28). The van der Waals surface area contributed by atoms with Crippen LogP contribution in [-0.4, -0.2) is 58.7 Å². The number of sulfone groups is 1. The summed E-state index contributed by atoms with van der Waals surface area (Å²) in [7, 11) is -4.25. The summed E-state index contributed by atoms with van der Waals surface area (Å²) in [5.74, 6) is -8.23. The van der Waals surface area contributed by atoms with Crippen LogP contribution in [0.4, 0.5) is 0 Å². The molecule has 2 aromatic carbocycles. The molecule has 0 atom stereocenters. The fourth-order valence-corrected chi connectivity index (χ4v) is 4.34. The molecule has 13 heteroatoms. The Morgan fingerprint density at radius 1 is 0.800 bits per heavy atom. The van der Waals surface area contributed by atoms with Gasteiger partial charge in [0.1, 0.15) is 34.1 Å². The van der Waals surface area contributed by atoms with Crippen molar-refractivity contribution >= 4 is 27.7 Å². The molecule has 0 aromatic heterocycles. The summed E-state index contributed by atoms with van der Waals surface area (Å²) in [5.41, 5.74) is -3.00. The van der Waals surface area contributed by atoms with Crippen molar-refractivity contribution in [2.45, 2.75) is 32.3 Å². The monoisotopic (exact) mass is 512 g/mol. The highest BCUT2D eigenvalue weighted by Gasteiger charge is 2.26. The van der Waals surface area contributed by atoms with Gasteiger partial charge in [-0.1, -0.05) is 0 Å². The quantitative estimate of drug-likeness (QED) is 0.196. The van der Waals surface area contributed by atoms with Crippen LogP contribution in [0.2, 0.25) is 0 Å². The summed E-state index contributed by atoms with van der Waals surface area (Å²) in [6.45, 7) is 3.93. The number of esters is 2. The highest BCUT2D eigenvalue weighted by atomic mass is 32.2. The highest BCUT2D eigenvalue weighted by Crippen LogP contribution is 2.33. The molecule has 0 saturated heterocycles. The summed E-state index contributed by atoms with van der Waals surface area (Å²) in [6, 6.07) is 3.31. The van der Waals surface area contributed by atoms with E-state index in [1.165, 1.54) is 0 Å². The zero-order valence-corrected chi connectivity index (χ0v) is 19.7. The van der Waals surface area contributed by atoms with Gasteiger partial charge in [0.2, 0.25) is 6.79 Å². The number of carboxylic acid groups (broad SMARTS) is 1. The molecule has 0 aliphatic heterocycles. The lowest BCUT2D eigenvalue weighted by molar-refractivity contribution is -0.161. The molecule has 0 heterocycles. The molecule has 0 aliphatic rings. The van der Waals surface area contributed by atoms with Crippen molar-refractivity contribution in [2.75, 3.05) is 6.79 Å². The van der Waals surface area contributed by atoms with Gasteiger partial charge >= 0.3 is 17.9 Å². The summed E-state index contributed by atoms with van der Waals surface area (Å²) in [6.07, 6.45) is 0. The number of carbonyl (C=O) groups excluding carboxylic acids is 2. The molecule has 2 rings (SSSR count). The summed E-state index contributed by atoms with van der Waals surface area (Å²) >= 11 is 0. The van der Waals surface area contributed by atoms with Crippen LogP contribution >= 0.6 is 0 Å². The SMILES string of the molecule is CC(C)(C)C(=O)OCOC(=O)c1cc(O)cc(CS(=O)(=O)Cc2cc(O)cc(C(=O)O)c2O)c1O. The predicted molar refractivity (Wildman–Crippen MR) is 119 cm³/mol. The average Bonchev–Trinajstić information content (AvgIpc) is 2.71. The van der Waals surface area contributed by atoms with Gasteiger partial charge in [-0.05, 0) is 45.0 Å². The molecule has 0 amide bonds. The minimum Gasteiger partial charge on any atom is -0.508 e. The van der Waals surface area contributed by atoms with Gasteiger partial charge in [0.15, 0.2) is 9.84 Å². The number of rotatable bonds is 8. The maximum absolute atomic E-state index is 12.7. The number of hydrogen-bond acceptors (Lipinski definition) is 11. The Balaban J connectivity index is 2.26. The van der Waals surface area contributed by atoms with Crippen molar-refractivity contribution in [1.82, 2.24) is 0 Å². The molecule has 0 bridgehead atoms. The normalized spacial score (nSPS) is 11.6. The number of ether oxygens (including phenoxy) is 2. The molecule has 0 saturated carbocycles. The molecule has 35 heavy (non-hydrogen) atoms. The fourth-order valence-electron chi connectivity index (χ4n) is 2.85. The van der Waals surface area contributed by atoms with E-state index in [0.717, 1.165) is 24.3 Å². The first-order valence-corrected chi connectivity index (χ1v) is 11.7. The molecule has 190 valence electrons. The first-order valence-electron chi connectivity index (χ1n) is 9.89. The zero-order chi connectivity index (χ0) is 26.7. The van der Waals surface area contributed by atoms with E-state index in [2.05, 4.69) is 0 Å². The van der Waals surface area contributed by atoms with Gasteiger partial charge in [0.05, 0.1) is 16.9 Å². The first-order chi connectivity index (χ1) is 16.0. The zero-order valence-electron chi connectivity index (χ0n) is 18.9. The molecule has 0 aliphatic carbocycles. The smallest absolute Gasteiger partial charge is 0.344 e. The second-order valence-electron chi connectivity index (χ2n) is 8.57. The van der Waals surface area contributed by atoms with E-state index in [0.29, 0.717) is 0 Å². The third-order valence-electron chi connectivity index (χ3n) is 4.54. The number of carboxylic acids is 1. The van der Waals surface area contributed by atoms with Gasteiger partial charge in [0, 0.05) is 11.1 Å². The third-order valence-corrected chi connectivity index (χ3v) is 6.04. The Hall–Kier alpha value is -4.00. The minimum atomic E-state index is -4.25. The number of aromatic hydroxyl groups is 4. The molecular weight excluding hydrogens is 488 g/mol. The number of phenolic OH excluding ortho intramolecular Hbond substituents is 3. The Labute approximate surface area is 199 Å². The van der Waals surface area contributed by atoms with Crippen molar-refractivity contribution in [1.29, 1.82) is 0 Å². The van der Waals surface area contributed by atoms with Crippen LogP contribution < -0.4 is 0 Å². The molecule has 0 unspecified atom stereocenters. The van der Waals surface area contributed by atoms with Gasteiger partial charge in [-0.15, -0.1) is 0 Å². The van der Waals surface area contributed by atoms with Crippen molar-refractivity contribution in [3.8, 4) is 23.0 Å². The second-order valence-corrected chi connectivity index (χ2v) is 10.6. The van der Waals surface area contributed by atoms with Crippen LogP contribution in [0.15, 0.2) is 24.3 Å². The van der Waals surface area contributed by atoms with Crippen molar-refractivity contribution in [3.63, 3.8) is 0 Å². The Morgan fingerprint density at radius 3 is 1.71 bits per heavy atom. The van der Waals surface area contributed by atoms with Gasteiger partial charge in [-0.25, -0.2) is 18.0 Å². The first kappa shape index (κ1) is 27.2. The van der Waals surface area contributed by atoms with E-state index in [1.54, 1.807) is 20.8 Å². The minimum absolute atomic E-state index is 0.401. The fraction of sp³-hybridized carbons (Fsp3) is 0.318. The number of aromatic carboxylic acids is 1. The highest BCUT2D eigenvalue weighted by molar-refractivity contribution is 7.89. The van der Waals surface area contributed by atoms with E-state index in [-0.39, 0.29) is 0 Å². The predicted octanol–water partition coefficient (Wildman–Crippen LogP) is 2.03. The lowest BCUT2D eigenvalue weighted by Gasteiger charge is -2.16. The second kappa shape index (κ2) is 10.1. The molecule has 0 fully saturated rings. The van der Waals surface area contributed by atoms with Gasteiger partial charge in [-0.2, -0.15) is 0 Å². The molecule has 5 N–H and O–H groups in total. The van der Waals surface area contributed by atoms with E-state index in [1.807, 2.05) is 0 Å². The molecular formula is C22H24O12S. The van der Waals surface area contributed by atoms with E-state index >= 15 is 0 Å². The van der Waals surface area contributed by atoms with Gasteiger partial charge < -0.3 is 35.0 Å². The molecule has 0 spiro atoms. The molecule has 2 aromatic rings. The van der Waals surface area contributed by atoms with Crippen LogP contribution in [0.1, 0.15) is 52.6 Å². The van der Waals surface area contributed by atoms with Crippen molar-refractivity contribution in [2.24, 2.45) is 5.41 Å². The number of phenols is 4. The van der Waals surface area contributed by atoms with Crippen molar-refractivity contribution in [3.05, 3.63) is 46.5 Å². The van der Waals surface area contributed by atoms with Crippen LogP contribution in [0.3, 0.4) is 0 Å². The summed E-state index contributed by atoms with van der Waals surface area (Å²) in [5, 5.41) is 49.1. The van der Waals surface area contributed by atoms with Gasteiger partial charge in [0.25, 0.3) is 0 Å². The van der Waals surface area contributed by atoms with E-state index in [9.17, 15) is 43.2 Å². The Bertz CT molecular complexity index is 1270. The van der Waals surface area contributed by atoms with Crippen molar-refractivity contribution < 1.29 is 57.8 Å². The summed E-state index contributed by atoms with van der Waals surface area (Å²) < 4.78 is 34.9. The van der Waals surface area contributed by atoms with E-state index < -0.39 is 96.7 Å². The van der Waals surface area contributed by atoms with Crippen LogP contribution in [0.5, 0.6) is 23.0 Å². The maximum atomic E-state index is 12.7. The number of carbonyl (C=O) groups is 3. The molecule has 12 nitrogen and oxygen atoms in total. The number of hydrogen-bond donors (Lipinski definition) is 5. The summed E-state index contributed by atoms with van der Waals surface area (Å²) in [4.78, 5) is 35.2. The number of benzene rings is 2. The average molecular weight is 512 g/mol. The molecule has 0 radical (unpaired) electrons.